The van der Waals surface area contributed by atoms with E-state index in [4.69, 9.17) is 22.4 Å². The first kappa shape index (κ1) is 18.5. The van der Waals surface area contributed by atoms with Gasteiger partial charge in [-0.1, -0.05) is 18.0 Å². The molecule has 1 amide bonds. The van der Waals surface area contributed by atoms with E-state index in [1.165, 1.54) is 12.1 Å². The summed E-state index contributed by atoms with van der Waals surface area (Å²) in [4.78, 5) is 15.2. The fourth-order valence-corrected chi connectivity index (χ4v) is 4.39. The van der Waals surface area contributed by atoms with Crippen LogP contribution in [-0.4, -0.2) is 40.2 Å². The van der Waals surface area contributed by atoms with Crippen LogP contribution in [0.5, 0.6) is 0 Å². The summed E-state index contributed by atoms with van der Waals surface area (Å²) in [6, 6.07) is 7.70. The van der Waals surface area contributed by atoms with Crippen LogP contribution in [-0.2, 0) is 12.8 Å². The molecule has 1 aromatic carbocycles. The second-order valence-corrected chi connectivity index (χ2v) is 8.13. The van der Waals surface area contributed by atoms with Crippen molar-refractivity contribution in [3.8, 4) is 5.69 Å². The van der Waals surface area contributed by atoms with Crippen LogP contribution in [0.25, 0.3) is 5.69 Å². The molecule has 1 aliphatic carbocycles. The minimum atomic E-state index is 0.0799. The molecular weight excluding hydrogens is 360 g/mol. The molecule has 1 aliphatic heterocycles. The molecule has 2 N–H and O–H groups in total. The Morgan fingerprint density at radius 1 is 1.11 bits per heavy atom. The van der Waals surface area contributed by atoms with Crippen LogP contribution >= 0.6 is 11.6 Å². The number of nitrogens with two attached hydrogens (primary N) is 1. The lowest BCUT2D eigenvalue weighted by atomic mass is 9.96. The summed E-state index contributed by atoms with van der Waals surface area (Å²) in [6.45, 7) is 2.27. The molecule has 6 heteroatoms. The number of likely N-dealkylation sites (tertiary alicyclic amines) is 1. The van der Waals surface area contributed by atoms with Crippen molar-refractivity contribution in [2.45, 2.75) is 44.9 Å². The quantitative estimate of drug-likeness (QED) is 0.819. The Labute approximate surface area is 165 Å². The predicted molar refractivity (Wildman–Crippen MR) is 108 cm³/mol. The summed E-state index contributed by atoms with van der Waals surface area (Å²) in [5, 5.41) is 5.51. The van der Waals surface area contributed by atoms with Crippen LogP contribution in [0.2, 0.25) is 5.02 Å². The number of carbonyl (C=O) groups excluding carboxylic acids is 1. The van der Waals surface area contributed by atoms with E-state index in [0.717, 1.165) is 62.9 Å². The first-order valence-electron chi connectivity index (χ1n) is 10.0. The first-order chi connectivity index (χ1) is 13.2. The van der Waals surface area contributed by atoms with Gasteiger partial charge in [-0.15, -0.1) is 0 Å². The Balaban J connectivity index is 1.68. The zero-order chi connectivity index (χ0) is 18.8. The van der Waals surface area contributed by atoms with Gasteiger partial charge in [-0.05, 0) is 75.3 Å². The molecular formula is C21H27ClN4O. The maximum atomic E-state index is 13.3. The molecule has 0 radical (unpaired) electrons. The van der Waals surface area contributed by atoms with E-state index in [9.17, 15) is 4.79 Å². The fourth-order valence-electron chi connectivity index (χ4n) is 4.26. The summed E-state index contributed by atoms with van der Waals surface area (Å²) >= 11 is 6.05. The van der Waals surface area contributed by atoms with E-state index in [1.54, 1.807) is 0 Å². The van der Waals surface area contributed by atoms with Crippen molar-refractivity contribution in [1.82, 2.24) is 14.7 Å². The van der Waals surface area contributed by atoms with Crippen LogP contribution in [0.1, 0.15) is 53.8 Å². The molecule has 0 saturated carbocycles. The Kier molecular flexibility index (Phi) is 5.50. The van der Waals surface area contributed by atoms with Crippen molar-refractivity contribution in [2.24, 2.45) is 11.7 Å². The standard InChI is InChI=1S/C21H27ClN4O/c22-16-6-8-17(9-7-16)26-19-5-3-1-2-4-18(19)20(24-26)21(27)25-12-10-15(14-23)11-13-25/h6-9,15H,1-5,10-14,23H2. The number of piperidine rings is 1. The molecule has 0 unspecified atom stereocenters. The third-order valence-corrected chi connectivity index (χ3v) is 6.19. The molecule has 5 nitrogen and oxygen atoms in total. The Morgan fingerprint density at radius 2 is 1.81 bits per heavy atom. The van der Waals surface area contributed by atoms with Gasteiger partial charge < -0.3 is 10.6 Å². The molecule has 1 aromatic heterocycles. The highest BCUT2D eigenvalue weighted by molar-refractivity contribution is 6.30. The monoisotopic (exact) mass is 386 g/mol. The van der Waals surface area contributed by atoms with Gasteiger partial charge >= 0.3 is 0 Å². The summed E-state index contributed by atoms with van der Waals surface area (Å²) in [5.41, 5.74) is 9.75. The number of hydrogen-bond acceptors (Lipinski definition) is 3. The average Bonchev–Trinajstić information content (AvgIpc) is 2.89. The van der Waals surface area contributed by atoms with Crippen molar-refractivity contribution >= 4 is 17.5 Å². The fraction of sp³-hybridized carbons (Fsp3) is 0.524. The van der Waals surface area contributed by atoms with Gasteiger partial charge in [0.25, 0.3) is 5.91 Å². The molecule has 27 heavy (non-hydrogen) atoms. The van der Waals surface area contributed by atoms with E-state index < -0.39 is 0 Å². The van der Waals surface area contributed by atoms with Crippen molar-refractivity contribution < 1.29 is 4.79 Å². The predicted octanol–water partition coefficient (Wildman–Crippen LogP) is 3.61. The van der Waals surface area contributed by atoms with Crippen LogP contribution in [0, 0.1) is 5.92 Å². The largest absolute Gasteiger partial charge is 0.337 e. The molecule has 2 heterocycles. The van der Waals surface area contributed by atoms with E-state index in [2.05, 4.69) is 0 Å². The van der Waals surface area contributed by atoms with Gasteiger partial charge in [0, 0.05) is 29.4 Å². The molecule has 0 atom stereocenters. The highest BCUT2D eigenvalue weighted by Gasteiger charge is 2.29. The molecule has 1 fully saturated rings. The third-order valence-electron chi connectivity index (χ3n) is 5.94. The number of nitrogens with zero attached hydrogens (tertiary/aromatic N) is 3. The number of halogens is 1. The second kappa shape index (κ2) is 8.03. The van der Waals surface area contributed by atoms with Crippen LogP contribution in [0.15, 0.2) is 24.3 Å². The van der Waals surface area contributed by atoms with Gasteiger partial charge in [0.15, 0.2) is 5.69 Å². The van der Waals surface area contributed by atoms with Crippen molar-refractivity contribution in [3.63, 3.8) is 0 Å². The van der Waals surface area contributed by atoms with E-state index in [-0.39, 0.29) is 5.91 Å². The SMILES string of the molecule is NCC1CCN(C(=O)c2nn(-c3ccc(Cl)cc3)c3c2CCCCC3)CC1. The van der Waals surface area contributed by atoms with Crippen LogP contribution in [0.3, 0.4) is 0 Å². The lowest BCUT2D eigenvalue weighted by Gasteiger charge is -2.31. The summed E-state index contributed by atoms with van der Waals surface area (Å²) in [7, 11) is 0. The van der Waals surface area contributed by atoms with E-state index >= 15 is 0 Å². The van der Waals surface area contributed by atoms with Crippen LogP contribution in [0.4, 0.5) is 0 Å². The first-order valence-corrected chi connectivity index (χ1v) is 10.4. The Bertz CT molecular complexity index is 806. The van der Waals surface area contributed by atoms with Crippen molar-refractivity contribution in [3.05, 3.63) is 46.2 Å². The highest BCUT2D eigenvalue weighted by atomic mass is 35.5. The lowest BCUT2D eigenvalue weighted by molar-refractivity contribution is 0.0686. The third kappa shape index (κ3) is 3.76. The van der Waals surface area contributed by atoms with Crippen molar-refractivity contribution in [1.29, 1.82) is 0 Å². The van der Waals surface area contributed by atoms with E-state index in [0.29, 0.717) is 23.2 Å². The number of benzene rings is 1. The van der Waals surface area contributed by atoms with Gasteiger partial charge in [0.05, 0.1) is 5.69 Å². The van der Waals surface area contributed by atoms with Gasteiger partial charge in [-0.3, -0.25) is 4.79 Å². The topological polar surface area (TPSA) is 64.2 Å². The number of amides is 1. The maximum absolute atomic E-state index is 13.3. The van der Waals surface area contributed by atoms with Gasteiger partial charge in [-0.25, -0.2) is 4.68 Å². The summed E-state index contributed by atoms with van der Waals surface area (Å²) < 4.78 is 1.97. The number of carbonyl (C=O) groups is 1. The molecule has 1 saturated heterocycles. The zero-order valence-electron chi connectivity index (χ0n) is 15.7. The maximum Gasteiger partial charge on any atom is 0.274 e. The van der Waals surface area contributed by atoms with Gasteiger partial charge in [0.1, 0.15) is 0 Å². The highest BCUT2D eigenvalue weighted by Crippen LogP contribution is 2.28. The van der Waals surface area contributed by atoms with Gasteiger partial charge in [-0.2, -0.15) is 5.10 Å². The summed E-state index contributed by atoms with van der Waals surface area (Å²) in [5.74, 6) is 0.620. The van der Waals surface area contributed by atoms with Crippen molar-refractivity contribution in [2.75, 3.05) is 19.6 Å². The lowest BCUT2D eigenvalue weighted by Crippen LogP contribution is -2.40. The number of aromatic nitrogens is 2. The second-order valence-electron chi connectivity index (χ2n) is 7.69. The minimum absolute atomic E-state index is 0.0799. The molecule has 144 valence electrons. The van der Waals surface area contributed by atoms with Gasteiger partial charge in [0.2, 0.25) is 0 Å². The van der Waals surface area contributed by atoms with Crippen LogP contribution < -0.4 is 5.73 Å². The smallest absolute Gasteiger partial charge is 0.274 e. The molecule has 2 aliphatic rings. The zero-order valence-corrected chi connectivity index (χ0v) is 16.4. The average molecular weight is 387 g/mol. The Morgan fingerprint density at radius 3 is 2.52 bits per heavy atom. The summed E-state index contributed by atoms with van der Waals surface area (Å²) in [6.07, 6.45) is 7.34. The van der Waals surface area contributed by atoms with E-state index in [1.807, 2.05) is 33.8 Å². The number of fused-ring (bicyclic) bond motifs is 1. The minimum Gasteiger partial charge on any atom is -0.337 e. The molecule has 0 bridgehead atoms. The number of hydrogen-bond donors (Lipinski definition) is 1. The molecule has 0 spiro atoms. The normalized spacial score (nSPS) is 18.2. The Hall–Kier alpha value is -1.85. The molecule has 4 rings (SSSR count). The number of rotatable bonds is 3. The molecule has 2 aromatic rings.